The van der Waals surface area contributed by atoms with E-state index in [1.807, 2.05) is 22.6 Å². The van der Waals surface area contributed by atoms with Crippen LogP contribution in [0, 0.1) is 3.70 Å². The van der Waals surface area contributed by atoms with E-state index in [1.165, 1.54) is 18.6 Å². The Labute approximate surface area is 137 Å². The highest BCUT2D eigenvalue weighted by molar-refractivity contribution is 14.1. The SMILES string of the molecule is COC(=O)Nc1c(I)nsc1-c1cc(Cl)cc(Cl)c1. The summed E-state index contributed by atoms with van der Waals surface area (Å²) >= 11 is 15.2. The van der Waals surface area contributed by atoms with Crippen molar-refractivity contribution in [3.8, 4) is 10.4 Å². The molecule has 0 saturated carbocycles. The molecule has 1 heterocycles. The molecule has 0 spiro atoms. The van der Waals surface area contributed by atoms with Crippen LogP contribution in [-0.4, -0.2) is 17.6 Å². The lowest BCUT2D eigenvalue weighted by Gasteiger charge is -2.06. The monoisotopic (exact) mass is 428 g/mol. The Balaban J connectivity index is 2.47. The van der Waals surface area contributed by atoms with E-state index in [1.54, 1.807) is 18.2 Å². The Bertz CT molecular complexity index is 613. The molecular formula is C11H7Cl2IN2O2S. The second kappa shape index (κ2) is 6.25. The number of carbonyl (C=O) groups is 1. The third-order valence-corrected chi connectivity index (χ3v) is 4.63. The molecule has 0 fully saturated rings. The molecule has 1 N–H and O–H groups in total. The molecule has 4 nitrogen and oxygen atoms in total. The molecule has 0 saturated heterocycles. The van der Waals surface area contributed by atoms with E-state index in [9.17, 15) is 4.79 Å². The van der Waals surface area contributed by atoms with Crippen molar-refractivity contribution >= 4 is 69.1 Å². The fraction of sp³-hybridized carbons (Fsp3) is 0.0909. The van der Waals surface area contributed by atoms with Crippen LogP contribution in [0.5, 0.6) is 0 Å². The number of halogens is 3. The average molecular weight is 429 g/mol. The smallest absolute Gasteiger partial charge is 0.411 e. The van der Waals surface area contributed by atoms with Gasteiger partial charge in [0.05, 0.1) is 17.7 Å². The van der Waals surface area contributed by atoms with E-state index >= 15 is 0 Å². The van der Waals surface area contributed by atoms with Crippen molar-refractivity contribution in [1.82, 2.24) is 4.37 Å². The second-order valence-corrected chi connectivity index (χ2v) is 6.12. The highest BCUT2D eigenvalue weighted by Gasteiger charge is 2.17. The minimum absolute atomic E-state index is 0.523. The van der Waals surface area contributed by atoms with Gasteiger partial charge in [0.25, 0.3) is 0 Å². The predicted molar refractivity (Wildman–Crippen MR) is 86.3 cm³/mol. The molecule has 2 aromatic rings. The first-order valence-electron chi connectivity index (χ1n) is 4.98. The van der Waals surface area contributed by atoms with Gasteiger partial charge in [-0.3, -0.25) is 5.32 Å². The molecule has 100 valence electrons. The van der Waals surface area contributed by atoms with Crippen LogP contribution in [0.4, 0.5) is 10.5 Å². The van der Waals surface area contributed by atoms with Gasteiger partial charge in [0, 0.05) is 10.0 Å². The topological polar surface area (TPSA) is 51.2 Å². The number of hydrogen-bond donors (Lipinski definition) is 1. The number of amides is 1. The van der Waals surface area contributed by atoms with Gasteiger partial charge in [-0.05, 0) is 57.9 Å². The minimum atomic E-state index is -0.549. The molecule has 0 aliphatic rings. The van der Waals surface area contributed by atoms with E-state index in [0.717, 1.165) is 10.4 Å². The first-order chi connectivity index (χ1) is 9.01. The number of hydrogen-bond acceptors (Lipinski definition) is 4. The van der Waals surface area contributed by atoms with Crippen molar-refractivity contribution in [3.05, 3.63) is 31.9 Å². The van der Waals surface area contributed by atoms with E-state index in [2.05, 4.69) is 14.4 Å². The molecular weight excluding hydrogens is 422 g/mol. The zero-order chi connectivity index (χ0) is 14.0. The fourth-order valence-corrected chi connectivity index (χ4v) is 3.55. The third-order valence-electron chi connectivity index (χ3n) is 2.19. The zero-order valence-corrected chi connectivity index (χ0v) is 14.0. The molecule has 0 radical (unpaired) electrons. The Morgan fingerprint density at radius 1 is 1.37 bits per heavy atom. The summed E-state index contributed by atoms with van der Waals surface area (Å²) in [4.78, 5) is 12.1. The first kappa shape index (κ1) is 14.8. The molecule has 0 bridgehead atoms. The number of benzene rings is 1. The summed E-state index contributed by atoms with van der Waals surface area (Å²) in [5.41, 5.74) is 1.39. The van der Waals surface area contributed by atoms with Crippen molar-refractivity contribution in [2.45, 2.75) is 0 Å². The summed E-state index contributed by atoms with van der Waals surface area (Å²) in [6, 6.07) is 5.17. The molecule has 1 aromatic carbocycles. The number of ether oxygens (including phenoxy) is 1. The van der Waals surface area contributed by atoms with Crippen LogP contribution in [0.3, 0.4) is 0 Å². The van der Waals surface area contributed by atoms with Crippen molar-refractivity contribution in [2.75, 3.05) is 12.4 Å². The highest BCUT2D eigenvalue weighted by Crippen LogP contribution is 2.38. The van der Waals surface area contributed by atoms with Gasteiger partial charge in [-0.1, -0.05) is 23.2 Å². The minimum Gasteiger partial charge on any atom is -0.453 e. The molecule has 1 amide bonds. The van der Waals surface area contributed by atoms with Gasteiger partial charge in [0.1, 0.15) is 3.70 Å². The van der Waals surface area contributed by atoms with E-state index in [4.69, 9.17) is 23.2 Å². The Morgan fingerprint density at radius 3 is 2.58 bits per heavy atom. The molecule has 0 aliphatic carbocycles. The van der Waals surface area contributed by atoms with Crippen LogP contribution in [-0.2, 0) is 4.74 Å². The summed E-state index contributed by atoms with van der Waals surface area (Å²) < 4.78 is 9.48. The second-order valence-electron chi connectivity index (χ2n) is 3.45. The van der Waals surface area contributed by atoms with Crippen molar-refractivity contribution in [2.24, 2.45) is 0 Å². The van der Waals surface area contributed by atoms with Crippen LogP contribution < -0.4 is 5.32 Å². The van der Waals surface area contributed by atoms with Crippen molar-refractivity contribution < 1.29 is 9.53 Å². The van der Waals surface area contributed by atoms with Gasteiger partial charge in [0.2, 0.25) is 0 Å². The molecule has 2 rings (SSSR count). The lowest BCUT2D eigenvalue weighted by molar-refractivity contribution is 0.187. The van der Waals surface area contributed by atoms with Gasteiger partial charge in [-0.15, -0.1) is 0 Å². The zero-order valence-electron chi connectivity index (χ0n) is 9.54. The Kier molecular flexibility index (Phi) is 4.88. The Morgan fingerprint density at radius 2 is 2.00 bits per heavy atom. The standard InChI is InChI=1S/C11H7Cl2IN2O2S/c1-18-11(17)15-8-9(19-16-10(8)14)5-2-6(12)4-7(13)3-5/h2-4H,1H3,(H,15,17). The van der Waals surface area contributed by atoms with E-state index < -0.39 is 6.09 Å². The number of rotatable bonds is 2. The number of nitrogens with zero attached hydrogens (tertiary/aromatic N) is 1. The first-order valence-corrected chi connectivity index (χ1v) is 7.58. The quantitative estimate of drug-likeness (QED) is 0.692. The van der Waals surface area contributed by atoms with Gasteiger partial charge < -0.3 is 4.74 Å². The lowest BCUT2D eigenvalue weighted by Crippen LogP contribution is -2.11. The van der Waals surface area contributed by atoms with E-state index in [-0.39, 0.29) is 0 Å². The molecule has 0 atom stereocenters. The fourth-order valence-electron chi connectivity index (χ4n) is 1.41. The maximum atomic E-state index is 11.3. The van der Waals surface area contributed by atoms with Crippen LogP contribution in [0.15, 0.2) is 18.2 Å². The predicted octanol–water partition coefficient (Wildman–Crippen LogP) is 4.90. The van der Waals surface area contributed by atoms with Gasteiger partial charge in [-0.2, -0.15) is 4.37 Å². The third kappa shape index (κ3) is 3.50. The van der Waals surface area contributed by atoms with Crippen LogP contribution >= 0.6 is 57.3 Å². The van der Waals surface area contributed by atoms with Crippen LogP contribution in [0.25, 0.3) is 10.4 Å². The van der Waals surface area contributed by atoms with Crippen molar-refractivity contribution in [3.63, 3.8) is 0 Å². The molecule has 8 heteroatoms. The maximum Gasteiger partial charge on any atom is 0.411 e. The maximum absolute atomic E-state index is 11.3. The molecule has 19 heavy (non-hydrogen) atoms. The summed E-state index contributed by atoms with van der Waals surface area (Å²) in [6.07, 6.45) is -0.549. The van der Waals surface area contributed by atoms with Gasteiger partial charge in [-0.25, -0.2) is 4.79 Å². The summed E-state index contributed by atoms with van der Waals surface area (Å²) in [5, 5.41) is 3.69. The van der Waals surface area contributed by atoms with Gasteiger partial charge >= 0.3 is 6.09 Å². The molecule has 0 unspecified atom stereocenters. The number of carbonyl (C=O) groups excluding carboxylic acids is 1. The summed E-state index contributed by atoms with van der Waals surface area (Å²) in [5.74, 6) is 0. The number of methoxy groups -OCH3 is 1. The van der Waals surface area contributed by atoms with Crippen molar-refractivity contribution in [1.29, 1.82) is 0 Å². The lowest BCUT2D eigenvalue weighted by atomic mass is 10.2. The summed E-state index contributed by atoms with van der Waals surface area (Å²) in [7, 11) is 1.30. The van der Waals surface area contributed by atoms with E-state index in [0.29, 0.717) is 19.4 Å². The van der Waals surface area contributed by atoms with Gasteiger partial charge in [0.15, 0.2) is 0 Å². The highest BCUT2D eigenvalue weighted by atomic mass is 127. The van der Waals surface area contributed by atoms with Crippen LogP contribution in [0.1, 0.15) is 0 Å². The Hall–Kier alpha value is -0.570. The molecule has 1 aromatic heterocycles. The number of anilines is 1. The summed E-state index contributed by atoms with van der Waals surface area (Å²) in [6.45, 7) is 0. The number of nitrogens with one attached hydrogen (secondary N) is 1. The normalized spacial score (nSPS) is 10.3. The molecule has 0 aliphatic heterocycles. The largest absolute Gasteiger partial charge is 0.453 e. The number of aromatic nitrogens is 1. The van der Waals surface area contributed by atoms with Crippen LogP contribution in [0.2, 0.25) is 10.0 Å². The average Bonchev–Trinajstić information content (AvgIpc) is 2.70.